The number of aromatic nitrogens is 3. The summed E-state index contributed by atoms with van der Waals surface area (Å²) < 4.78 is 1.83. The van der Waals surface area contributed by atoms with Gasteiger partial charge in [0.15, 0.2) is 5.65 Å². The van der Waals surface area contributed by atoms with Crippen LogP contribution in [0.25, 0.3) is 5.65 Å². The highest BCUT2D eigenvalue weighted by atomic mass is 15.3. The van der Waals surface area contributed by atoms with Crippen molar-refractivity contribution in [3.8, 4) is 0 Å². The highest BCUT2D eigenvalue weighted by Crippen LogP contribution is 2.36. The first-order valence-electron chi connectivity index (χ1n) is 6.30. The van der Waals surface area contributed by atoms with Crippen LogP contribution >= 0.6 is 0 Å². The molecule has 4 heteroatoms. The van der Waals surface area contributed by atoms with E-state index in [4.69, 9.17) is 0 Å². The summed E-state index contributed by atoms with van der Waals surface area (Å²) in [6, 6.07) is 4.05. The molecule has 1 unspecified atom stereocenters. The molecule has 2 heterocycles. The van der Waals surface area contributed by atoms with Gasteiger partial charge in [-0.15, -0.1) is 5.10 Å². The maximum Gasteiger partial charge on any atom is 0.243 e. The molecule has 0 aliphatic heterocycles. The minimum Gasteiger partial charge on any atom is -0.353 e. The molecule has 1 aliphatic rings. The normalized spacial score (nSPS) is 17.3. The van der Waals surface area contributed by atoms with Gasteiger partial charge in [0, 0.05) is 12.7 Å². The first-order chi connectivity index (χ1) is 8.24. The summed E-state index contributed by atoms with van der Waals surface area (Å²) >= 11 is 0. The van der Waals surface area contributed by atoms with Gasteiger partial charge in [-0.3, -0.25) is 0 Å². The first-order valence-corrected chi connectivity index (χ1v) is 6.30. The summed E-state index contributed by atoms with van der Waals surface area (Å²) in [6.07, 6.45) is 4.71. The van der Waals surface area contributed by atoms with Crippen molar-refractivity contribution in [2.75, 3.05) is 11.9 Å². The summed E-state index contributed by atoms with van der Waals surface area (Å²) in [6.45, 7) is 5.33. The van der Waals surface area contributed by atoms with Crippen molar-refractivity contribution >= 4 is 11.6 Å². The number of anilines is 1. The molecule has 1 N–H and O–H groups in total. The van der Waals surface area contributed by atoms with Crippen LogP contribution in [0.3, 0.4) is 0 Å². The SMILES string of the molecule is Cc1cccn2nc(NCC(C)C3CC3)nc12. The molecule has 2 aromatic heterocycles. The van der Waals surface area contributed by atoms with E-state index < -0.39 is 0 Å². The summed E-state index contributed by atoms with van der Waals surface area (Å²) in [5, 5.41) is 7.76. The zero-order valence-corrected chi connectivity index (χ0v) is 10.3. The lowest BCUT2D eigenvalue weighted by Gasteiger charge is -2.09. The van der Waals surface area contributed by atoms with E-state index in [2.05, 4.69) is 35.3 Å². The smallest absolute Gasteiger partial charge is 0.243 e. The lowest BCUT2D eigenvalue weighted by molar-refractivity contribution is 0.535. The molecule has 17 heavy (non-hydrogen) atoms. The van der Waals surface area contributed by atoms with Crippen molar-refractivity contribution in [1.29, 1.82) is 0 Å². The fraction of sp³-hybridized carbons (Fsp3) is 0.538. The number of fused-ring (bicyclic) bond motifs is 1. The Morgan fingerprint density at radius 1 is 1.53 bits per heavy atom. The highest BCUT2D eigenvalue weighted by molar-refractivity contribution is 5.49. The van der Waals surface area contributed by atoms with Crippen molar-refractivity contribution < 1.29 is 0 Å². The van der Waals surface area contributed by atoms with E-state index in [1.165, 1.54) is 12.8 Å². The number of hydrogen-bond donors (Lipinski definition) is 1. The molecular weight excluding hydrogens is 212 g/mol. The van der Waals surface area contributed by atoms with Gasteiger partial charge >= 0.3 is 0 Å². The molecule has 3 rings (SSSR count). The van der Waals surface area contributed by atoms with Crippen LogP contribution in [0.5, 0.6) is 0 Å². The summed E-state index contributed by atoms with van der Waals surface area (Å²) in [5.41, 5.74) is 2.09. The van der Waals surface area contributed by atoms with E-state index in [0.717, 1.165) is 35.5 Å². The average molecular weight is 230 g/mol. The number of pyridine rings is 1. The van der Waals surface area contributed by atoms with E-state index in [1.54, 1.807) is 0 Å². The quantitative estimate of drug-likeness (QED) is 0.877. The molecule has 90 valence electrons. The van der Waals surface area contributed by atoms with Gasteiger partial charge in [-0.1, -0.05) is 13.0 Å². The largest absolute Gasteiger partial charge is 0.353 e. The molecule has 0 saturated heterocycles. The second-order valence-electron chi connectivity index (χ2n) is 5.09. The van der Waals surface area contributed by atoms with Crippen LogP contribution in [-0.2, 0) is 0 Å². The predicted molar refractivity (Wildman–Crippen MR) is 68.1 cm³/mol. The summed E-state index contributed by atoms with van der Waals surface area (Å²) in [5.74, 6) is 2.38. The van der Waals surface area contributed by atoms with Crippen LogP contribution in [0.15, 0.2) is 18.3 Å². The van der Waals surface area contributed by atoms with Crippen LogP contribution in [-0.4, -0.2) is 21.1 Å². The molecule has 0 amide bonds. The zero-order chi connectivity index (χ0) is 11.8. The second-order valence-corrected chi connectivity index (χ2v) is 5.09. The zero-order valence-electron chi connectivity index (χ0n) is 10.3. The van der Waals surface area contributed by atoms with E-state index in [0.29, 0.717) is 0 Å². The van der Waals surface area contributed by atoms with Gasteiger partial charge in [-0.2, -0.15) is 4.98 Å². The molecule has 1 fully saturated rings. The number of nitrogens with zero attached hydrogens (tertiary/aromatic N) is 3. The van der Waals surface area contributed by atoms with E-state index in [9.17, 15) is 0 Å². The molecule has 2 aromatic rings. The first kappa shape index (κ1) is 10.6. The average Bonchev–Trinajstić information content (AvgIpc) is 3.07. The number of aryl methyl sites for hydroxylation is 1. The fourth-order valence-corrected chi connectivity index (χ4v) is 2.20. The molecule has 4 nitrogen and oxygen atoms in total. The van der Waals surface area contributed by atoms with Crippen molar-refractivity contribution in [2.45, 2.75) is 26.7 Å². The minimum absolute atomic E-state index is 0.725. The van der Waals surface area contributed by atoms with Crippen LogP contribution in [0.2, 0.25) is 0 Å². The topological polar surface area (TPSA) is 42.2 Å². The van der Waals surface area contributed by atoms with Gasteiger partial charge < -0.3 is 5.32 Å². The number of rotatable bonds is 4. The lowest BCUT2D eigenvalue weighted by Crippen LogP contribution is -2.13. The van der Waals surface area contributed by atoms with Gasteiger partial charge in [0.25, 0.3) is 0 Å². The van der Waals surface area contributed by atoms with Gasteiger partial charge in [-0.05, 0) is 43.2 Å². The monoisotopic (exact) mass is 230 g/mol. The highest BCUT2D eigenvalue weighted by Gasteiger charge is 2.27. The third-order valence-electron chi connectivity index (χ3n) is 3.57. The minimum atomic E-state index is 0.725. The number of nitrogens with one attached hydrogen (secondary N) is 1. The summed E-state index contributed by atoms with van der Waals surface area (Å²) in [4.78, 5) is 4.50. The second kappa shape index (κ2) is 4.02. The molecular formula is C13H18N4. The van der Waals surface area contributed by atoms with Crippen LogP contribution in [0, 0.1) is 18.8 Å². The van der Waals surface area contributed by atoms with Crippen LogP contribution in [0.1, 0.15) is 25.3 Å². The molecule has 0 bridgehead atoms. The predicted octanol–water partition coefficient (Wildman–Crippen LogP) is 2.50. The Balaban J connectivity index is 1.74. The van der Waals surface area contributed by atoms with Gasteiger partial charge in [0.1, 0.15) is 0 Å². The van der Waals surface area contributed by atoms with Crippen molar-refractivity contribution in [3.05, 3.63) is 23.9 Å². The van der Waals surface area contributed by atoms with Crippen molar-refractivity contribution in [1.82, 2.24) is 14.6 Å². The Hall–Kier alpha value is -1.58. The Morgan fingerprint density at radius 3 is 3.06 bits per heavy atom. The molecule has 0 aromatic carbocycles. The number of hydrogen-bond acceptors (Lipinski definition) is 3. The van der Waals surface area contributed by atoms with Crippen LogP contribution < -0.4 is 5.32 Å². The van der Waals surface area contributed by atoms with E-state index >= 15 is 0 Å². The molecule has 0 spiro atoms. The van der Waals surface area contributed by atoms with Gasteiger partial charge in [-0.25, -0.2) is 4.52 Å². The summed E-state index contributed by atoms with van der Waals surface area (Å²) in [7, 11) is 0. The van der Waals surface area contributed by atoms with Gasteiger partial charge in [0.2, 0.25) is 5.95 Å². The maximum absolute atomic E-state index is 4.50. The molecule has 1 saturated carbocycles. The van der Waals surface area contributed by atoms with Gasteiger partial charge in [0.05, 0.1) is 0 Å². The Bertz CT molecular complexity index is 527. The molecule has 0 radical (unpaired) electrons. The lowest BCUT2D eigenvalue weighted by atomic mass is 10.1. The Labute approximate surface area is 101 Å². The fourth-order valence-electron chi connectivity index (χ4n) is 2.20. The van der Waals surface area contributed by atoms with E-state index in [1.807, 2.05) is 16.8 Å². The third-order valence-corrected chi connectivity index (χ3v) is 3.57. The maximum atomic E-state index is 4.50. The van der Waals surface area contributed by atoms with E-state index in [-0.39, 0.29) is 0 Å². The Morgan fingerprint density at radius 2 is 2.35 bits per heavy atom. The standard InChI is InChI=1S/C13H18N4/c1-9-4-3-7-17-12(9)15-13(16-17)14-8-10(2)11-5-6-11/h3-4,7,10-11H,5-6,8H2,1-2H3,(H,14,16). The van der Waals surface area contributed by atoms with Crippen LogP contribution in [0.4, 0.5) is 5.95 Å². The molecule has 1 atom stereocenters. The third kappa shape index (κ3) is 2.12. The van der Waals surface area contributed by atoms with Crippen molar-refractivity contribution in [2.24, 2.45) is 11.8 Å². The Kier molecular flexibility index (Phi) is 2.50. The van der Waals surface area contributed by atoms with Crippen molar-refractivity contribution in [3.63, 3.8) is 0 Å². The molecule has 1 aliphatic carbocycles.